The average Bonchev–Trinajstić information content (AvgIpc) is 2.38. The fourth-order valence-electron chi connectivity index (χ4n) is 2.43. The monoisotopic (exact) mass is 233 g/mol. The van der Waals surface area contributed by atoms with Crippen LogP contribution < -0.4 is 16.0 Å². The molecule has 2 rings (SSSR count). The molecule has 1 fully saturated rings. The second kappa shape index (κ2) is 5.92. The van der Waals surface area contributed by atoms with Crippen LogP contribution in [0.3, 0.4) is 0 Å². The SMILES string of the molecule is CCNCC1CCN(c2ccc(N)cc2)CC1. The summed E-state index contributed by atoms with van der Waals surface area (Å²) in [5, 5.41) is 3.44. The van der Waals surface area contributed by atoms with E-state index in [1.165, 1.54) is 38.2 Å². The van der Waals surface area contributed by atoms with Crippen LogP contribution in [0.5, 0.6) is 0 Å². The maximum Gasteiger partial charge on any atom is 0.0367 e. The predicted molar refractivity (Wildman–Crippen MR) is 74.3 cm³/mol. The van der Waals surface area contributed by atoms with Gasteiger partial charge in [-0.15, -0.1) is 0 Å². The summed E-state index contributed by atoms with van der Waals surface area (Å²) in [6.45, 7) is 6.76. The zero-order valence-corrected chi connectivity index (χ0v) is 10.7. The summed E-state index contributed by atoms with van der Waals surface area (Å²) in [4.78, 5) is 2.46. The van der Waals surface area contributed by atoms with Gasteiger partial charge in [0.1, 0.15) is 0 Å². The van der Waals surface area contributed by atoms with Crippen molar-refractivity contribution in [2.24, 2.45) is 5.92 Å². The summed E-state index contributed by atoms with van der Waals surface area (Å²) >= 11 is 0. The van der Waals surface area contributed by atoms with Crippen LogP contribution in [-0.2, 0) is 0 Å². The predicted octanol–water partition coefficient (Wildman–Crippen LogP) is 2.09. The fraction of sp³-hybridized carbons (Fsp3) is 0.571. The third-order valence-electron chi connectivity index (χ3n) is 3.56. The molecule has 1 saturated heterocycles. The summed E-state index contributed by atoms with van der Waals surface area (Å²) in [6.07, 6.45) is 2.58. The Hall–Kier alpha value is -1.22. The first kappa shape index (κ1) is 12.2. The highest BCUT2D eigenvalue weighted by molar-refractivity contribution is 5.53. The van der Waals surface area contributed by atoms with Crippen molar-refractivity contribution in [3.05, 3.63) is 24.3 Å². The van der Waals surface area contributed by atoms with Crippen molar-refractivity contribution < 1.29 is 0 Å². The van der Waals surface area contributed by atoms with Crippen molar-refractivity contribution in [2.45, 2.75) is 19.8 Å². The van der Waals surface area contributed by atoms with E-state index in [2.05, 4.69) is 29.3 Å². The van der Waals surface area contributed by atoms with E-state index in [4.69, 9.17) is 5.73 Å². The molecule has 0 bridgehead atoms. The maximum atomic E-state index is 5.71. The molecule has 0 aliphatic carbocycles. The molecule has 3 N–H and O–H groups in total. The second-order valence-corrected chi connectivity index (χ2v) is 4.83. The van der Waals surface area contributed by atoms with Crippen LogP contribution in [-0.4, -0.2) is 26.2 Å². The van der Waals surface area contributed by atoms with Crippen molar-refractivity contribution in [1.29, 1.82) is 0 Å². The van der Waals surface area contributed by atoms with Gasteiger partial charge in [-0.1, -0.05) is 6.92 Å². The third kappa shape index (κ3) is 3.37. The van der Waals surface area contributed by atoms with E-state index in [0.29, 0.717) is 0 Å². The third-order valence-corrected chi connectivity index (χ3v) is 3.56. The standard InChI is InChI=1S/C14H23N3/c1-2-16-11-12-7-9-17(10-8-12)14-5-3-13(15)4-6-14/h3-6,12,16H,2,7-11,15H2,1H3. The van der Waals surface area contributed by atoms with Crippen LogP contribution in [0.2, 0.25) is 0 Å². The van der Waals surface area contributed by atoms with Gasteiger partial charge in [0.05, 0.1) is 0 Å². The second-order valence-electron chi connectivity index (χ2n) is 4.83. The molecule has 0 aromatic heterocycles. The van der Waals surface area contributed by atoms with Crippen molar-refractivity contribution in [3.8, 4) is 0 Å². The lowest BCUT2D eigenvalue weighted by Crippen LogP contribution is -2.37. The Morgan fingerprint density at radius 3 is 2.47 bits per heavy atom. The number of nitrogens with zero attached hydrogens (tertiary/aromatic N) is 1. The van der Waals surface area contributed by atoms with Gasteiger partial charge in [-0.3, -0.25) is 0 Å². The van der Waals surface area contributed by atoms with E-state index in [1.54, 1.807) is 0 Å². The first-order valence-electron chi connectivity index (χ1n) is 6.61. The smallest absolute Gasteiger partial charge is 0.0367 e. The number of hydrogen-bond acceptors (Lipinski definition) is 3. The molecule has 94 valence electrons. The molecule has 0 atom stereocenters. The Morgan fingerprint density at radius 2 is 1.88 bits per heavy atom. The Kier molecular flexibility index (Phi) is 4.26. The van der Waals surface area contributed by atoms with E-state index in [9.17, 15) is 0 Å². The van der Waals surface area contributed by atoms with Gasteiger partial charge in [-0.05, 0) is 56.1 Å². The zero-order chi connectivity index (χ0) is 12.1. The highest BCUT2D eigenvalue weighted by atomic mass is 15.1. The van der Waals surface area contributed by atoms with Crippen molar-refractivity contribution in [3.63, 3.8) is 0 Å². The van der Waals surface area contributed by atoms with Crippen molar-refractivity contribution >= 4 is 11.4 Å². The van der Waals surface area contributed by atoms with Gasteiger partial charge in [0, 0.05) is 24.5 Å². The number of rotatable bonds is 4. The van der Waals surface area contributed by atoms with E-state index < -0.39 is 0 Å². The van der Waals surface area contributed by atoms with Gasteiger partial charge >= 0.3 is 0 Å². The number of nitrogen functional groups attached to an aromatic ring is 1. The van der Waals surface area contributed by atoms with Crippen LogP contribution in [0.1, 0.15) is 19.8 Å². The Balaban J connectivity index is 1.84. The van der Waals surface area contributed by atoms with Gasteiger partial charge in [0.25, 0.3) is 0 Å². The largest absolute Gasteiger partial charge is 0.399 e. The maximum absolute atomic E-state index is 5.71. The number of benzene rings is 1. The quantitative estimate of drug-likeness (QED) is 0.783. The fourth-order valence-corrected chi connectivity index (χ4v) is 2.43. The molecular formula is C14H23N3. The Labute approximate surface area is 104 Å². The van der Waals surface area contributed by atoms with Gasteiger partial charge in [0.15, 0.2) is 0 Å². The Bertz CT molecular complexity index is 326. The number of nitrogens with two attached hydrogens (primary N) is 1. The van der Waals surface area contributed by atoms with Gasteiger partial charge in [0.2, 0.25) is 0 Å². The molecule has 1 aliphatic heterocycles. The normalized spacial score (nSPS) is 17.4. The van der Waals surface area contributed by atoms with E-state index in [0.717, 1.165) is 18.2 Å². The molecule has 1 heterocycles. The average molecular weight is 233 g/mol. The molecule has 0 amide bonds. The molecule has 0 unspecified atom stereocenters. The molecular weight excluding hydrogens is 210 g/mol. The van der Waals surface area contributed by atoms with Gasteiger partial charge < -0.3 is 16.0 Å². The molecule has 3 heteroatoms. The molecule has 3 nitrogen and oxygen atoms in total. The van der Waals surface area contributed by atoms with E-state index in [-0.39, 0.29) is 0 Å². The molecule has 1 aromatic carbocycles. The Morgan fingerprint density at radius 1 is 1.24 bits per heavy atom. The van der Waals surface area contributed by atoms with E-state index in [1.807, 2.05) is 12.1 Å². The molecule has 0 saturated carbocycles. The highest BCUT2D eigenvalue weighted by Gasteiger charge is 2.18. The molecule has 0 spiro atoms. The van der Waals surface area contributed by atoms with Crippen molar-refractivity contribution in [2.75, 3.05) is 36.8 Å². The lowest BCUT2D eigenvalue weighted by molar-refractivity contribution is 0.386. The first-order valence-corrected chi connectivity index (χ1v) is 6.61. The minimum atomic E-state index is 0.843. The lowest BCUT2D eigenvalue weighted by Gasteiger charge is -2.33. The number of piperidine rings is 1. The summed E-state index contributed by atoms with van der Waals surface area (Å²) in [5.41, 5.74) is 7.86. The molecule has 1 aromatic rings. The molecule has 17 heavy (non-hydrogen) atoms. The van der Waals surface area contributed by atoms with Gasteiger partial charge in [-0.25, -0.2) is 0 Å². The lowest BCUT2D eigenvalue weighted by atomic mass is 9.96. The van der Waals surface area contributed by atoms with Crippen LogP contribution in [0.15, 0.2) is 24.3 Å². The number of nitrogens with one attached hydrogen (secondary N) is 1. The number of anilines is 2. The summed E-state index contributed by atoms with van der Waals surface area (Å²) in [7, 11) is 0. The highest BCUT2D eigenvalue weighted by Crippen LogP contribution is 2.23. The number of hydrogen-bond donors (Lipinski definition) is 2. The zero-order valence-electron chi connectivity index (χ0n) is 10.7. The minimum Gasteiger partial charge on any atom is -0.399 e. The van der Waals surface area contributed by atoms with Crippen molar-refractivity contribution in [1.82, 2.24) is 5.32 Å². The molecule has 1 aliphatic rings. The van der Waals surface area contributed by atoms with Gasteiger partial charge in [-0.2, -0.15) is 0 Å². The summed E-state index contributed by atoms with van der Waals surface area (Å²) in [6, 6.07) is 8.22. The minimum absolute atomic E-state index is 0.843. The van der Waals surface area contributed by atoms with Crippen LogP contribution in [0, 0.1) is 5.92 Å². The van der Waals surface area contributed by atoms with E-state index >= 15 is 0 Å². The first-order chi connectivity index (χ1) is 8.29. The van der Waals surface area contributed by atoms with Crippen LogP contribution >= 0.6 is 0 Å². The summed E-state index contributed by atoms with van der Waals surface area (Å²) in [5.74, 6) is 0.847. The summed E-state index contributed by atoms with van der Waals surface area (Å²) < 4.78 is 0. The molecule has 0 radical (unpaired) electrons. The van der Waals surface area contributed by atoms with Crippen LogP contribution in [0.25, 0.3) is 0 Å². The topological polar surface area (TPSA) is 41.3 Å². The van der Waals surface area contributed by atoms with Crippen LogP contribution in [0.4, 0.5) is 11.4 Å².